The number of carbonyl (C=O) groups is 2. The summed E-state index contributed by atoms with van der Waals surface area (Å²) in [6.07, 6.45) is 4.08. The SMILES string of the molecule is CCN1C[C@@H]2C3(CCN(C(=O)Nc4ccccc4)CC3)CC[C@]2(C(=O)NC)C1. The lowest BCUT2D eigenvalue weighted by molar-refractivity contribution is -0.132. The van der Waals surface area contributed by atoms with Crippen LogP contribution >= 0.6 is 0 Å². The number of anilines is 1. The Bertz CT molecular complexity index is 729. The van der Waals surface area contributed by atoms with Crippen molar-refractivity contribution in [2.75, 3.05) is 45.1 Å². The van der Waals surface area contributed by atoms with Crippen molar-refractivity contribution in [1.82, 2.24) is 15.1 Å². The smallest absolute Gasteiger partial charge is 0.321 e. The largest absolute Gasteiger partial charge is 0.359 e. The minimum atomic E-state index is -0.237. The van der Waals surface area contributed by atoms with Gasteiger partial charge in [-0.3, -0.25) is 4.79 Å². The van der Waals surface area contributed by atoms with E-state index >= 15 is 0 Å². The van der Waals surface area contributed by atoms with E-state index in [1.54, 1.807) is 7.05 Å². The summed E-state index contributed by atoms with van der Waals surface area (Å²) in [6.45, 7) is 6.61. The molecule has 0 radical (unpaired) electrons. The zero-order chi connectivity index (χ0) is 19.8. The van der Waals surface area contributed by atoms with Crippen LogP contribution in [0.2, 0.25) is 0 Å². The second-order valence-electron chi connectivity index (χ2n) is 8.76. The van der Waals surface area contributed by atoms with E-state index in [0.29, 0.717) is 5.92 Å². The first-order valence-corrected chi connectivity index (χ1v) is 10.6. The molecule has 4 rings (SSSR count). The first-order valence-electron chi connectivity index (χ1n) is 10.6. The molecule has 1 aliphatic carbocycles. The van der Waals surface area contributed by atoms with Crippen LogP contribution in [-0.4, -0.2) is 61.5 Å². The topological polar surface area (TPSA) is 64.7 Å². The molecule has 3 amide bonds. The van der Waals surface area contributed by atoms with Gasteiger partial charge in [-0.15, -0.1) is 0 Å². The van der Waals surface area contributed by atoms with Crippen molar-refractivity contribution in [2.45, 2.75) is 32.6 Å². The van der Waals surface area contributed by atoms with E-state index in [9.17, 15) is 9.59 Å². The number of hydrogen-bond acceptors (Lipinski definition) is 3. The number of carbonyl (C=O) groups excluding carboxylic acids is 2. The monoisotopic (exact) mass is 384 g/mol. The molecule has 0 unspecified atom stereocenters. The minimum absolute atomic E-state index is 0.0155. The van der Waals surface area contributed by atoms with Crippen molar-refractivity contribution in [3.8, 4) is 0 Å². The number of likely N-dealkylation sites (tertiary alicyclic amines) is 2. The molecule has 0 aromatic heterocycles. The highest BCUT2D eigenvalue weighted by Crippen LogP contribution is 2.62. The molecule has 152 valence electrons. The Morgan fingerprint density at radius 2 is 1.82 bits per heavy atom. The number of piperidine rings is 1. The fourth-order valence-corrected chi connectivity index (χ4v) is 6.00. The quantitative estimate of drug-likeness (QED) is 0.842. The number of para-hydroxylation sites is 1. The predicted octanol–water partition coefficient (Wildman–Crippen LogP) is 2.78. The summed E-state index contributed by atoms with van der Waals surface area (Å²) in [4.78, 5) is 29.9. The third kappa shape index (κ3) is 3.08. The lowest BCUT2D eigenvalue weighted by Gasteiger charge is -2.44. The Balaban J connectivity index is 1.45. The highest BCUT2D eigenvalue weighted by atomic mass is 16.2. The maximum Gasteiger partial charge on any atom is 0.321 e. The molecule has 0 bridgehead atoms. The highest BCUT2D eigenvalue weighted by molar-refractivity contribution is 5.89. The summed E-state index contributed by atoms with van der Waals surface area (Å²) >= 11 is 0. The Morgan fingerprint density at radius 3 is 2.46 bits per heavy atom. The van der Waals surface area contributed by atoms with Gasteiger partial charge in [0, 0.05) is 38.9 Å². The molecule has 2 saturated heterocycles. The molecule has 2 heterocycles. The van der Waals surface area contributed by atoms with Crippen molar-refractivity contribution in [2.24, 2.45) is 16.7 Å². The lowest BCUT2D eigenvalue weighted by atomic mass is 9.65. The molecule has 1 spiro atoms. The van der Waals surface area contributed by atoms with E-state index in [2.05, 4.69) is 22.5 Å². The summed E-state index contributed by atoms with van der Waals surface area (Å²) in [5.41, 5.74) is 0.792. The fraction of sp³-hybridized carbons (Fsp3) is 0.636. The van der Waals surface area contributed by atoms with Gasteiger partial charge in [0.05, 0.1) is 5.41 Å². The van der Waals surface area contributed by atoms with Crippen molar-refractivity contribution in [3.05, 3.63) is 30.3 Å². The van der Waals surface area contributed by atoms with Gasteiger partial charge in [0.15, 0.2) is 0 Å². The average Bonchev–Trinajstić information content (AvgIpc) is 3.25. The van der Waals surface area contributed by atoms with E-state index in [-0.39, 0.29) is 22.8 Å². The Hall–Kier alpha value is -2.08. The third-order valence-electron chi connectivity index (χ3n) is 7.62. The van der Waals surface area contributed by atoms with Crippen LogP contribution in [0.3, 0.4) is 0 Å². The van der Waals surface area contributed by atoms with Crippen molar-refractivity contribution >= 4 is 17.6 Å². The number of benzene rings is 1. The zero-order valence-corrected chi connectivity index (χ0v) is 17.0. The number of urea groups is 1. The second-order valence-corrected chi connectivity index (χ2v) is 8.76. The van der Waals surface area contributed by atoms with E-state index in [1.165, 1.54) is 0 Å². The molecule has 2 aliphatic heterocycles. The van der Waals surface area contributed by atoms with Gasteiger partial charge in [-0.1, -0.05) is 25.1 Å². The summed E-state index contributed by atoms with van der Waals surface area (Å²) < 4.78 is 0. The van der Waals surface area contributed by atoms with Gasteiger partial charge in [0.25, 0.3) is 0 Å². The fourth-order valence-electron chi connectivity index (χ4n) is 6.00. The van der Waals surface area contributed by atoms with E-state index in [0.717, 1.165) is 64.1 Å². The Kier molecular flexibility index (Phi) is 5.08. The van der Waals surface area contributed by atoms with Crippen LogP contribution in [0.4, 0.5) is 10.5 Å². The number of nitrogens with zero attached hydrogens (tertiary/aromatic N) is 2. The van der Waals surface area contributed by atoms with Crippen LogP contribution < -0.4 is 10.6 Å². The standard InChI is InChI=1S/C22H32N4O2/c1-3-25-15-18-21(9-10-22(18,16-25)19(27)23-2)11-13-26(14-12-21)20(28)24-17-7-5-4-6-8-17/h4-8,18H,3,9-16H2,1-2H3,(H,23,27)(H,24,28)/t18-,22+/m1/s1. The second kappa shape index (κ2) is 7.39. The maximum atomic E-state index is 12.9. The number of amides is 3. The number of fused-ring (bicyclic) bond motifs is 2. The minimum Gasteiger partial charge on any atom is -0.359 e. The van der Waals surface area contributed by atoms with Gasteiger partial charge >= 0.3 is 6.03 Å². The molecule has 3 aliphatic rings. The predicted molar refractivity (Wildman–Crippen MR) is 110 cm³/mol. The van der Waals surface area contributed by atoms with E-state index < -0.39 is 0 Å². The van der Waals surface area contributed by atoms with Gasteiger partial charge in [0.1, 0.15) is 0 Å². The van der Waals surface area contributed by atoms with Gasteiger partial charge in [-0.05, 0) is 55.7 Å². The molecule has 1 saturated carbocycles. The van der Waals surface area contributed by atoms with Crippen molar-refractivity contribution in [1.29, 1.82) is 0 Å². The van der Waals surface area contributed by atoms with Gasteiger partial charge in [-0.25, -0.2) is 4.79 Å². The van der Waals surface area contributed by atoms with Crippen LogP contribution in [0.1, 0.15) is 32.6 Å². The molecule has 2 N–H and O–H groups in total. The molecule has 1 aromatic carbocycles. The summed E-state index contributed by atoms with van der Waals surface area (Å²) in [6, 6.07) is 9.61. The number of nitrogens with one attached hydrogen (secondary N) is 2. The van der Waals surface area contributed by atoms with Crippen molar-refractivity contribution < 1.29 is 9.59 Å². The molecule has 3 fully saturated rings. The van der Waals surface area contributed by atoms with Gasteiger partial charge in [-0.2, -0.15) is 0 Å². The molecular formula is C22H32N4O2. The first-order chi connectivity index (χ1) is 13.5. The third-order valence-corrected chi connectivity index (χ3v) is 7.62. The molecule has 6 nitrogen and oxygen atoms in total. The number of rotatable bonds is 3. The highest BCUT2D eigenvalue weighted by Gasteiger charge is 2.63. The van der Waals surface area contributed by atoms with Crippen molar-refractivity contribution in [3.63, 3.8) is 0 Å². The maximum absolute atomic E-state index is 12.9. The molecule has 1 aromatic rings. The van der Waals surface area contributed by atoms with Crippen LogP contribution in [0.15, 0.2) is 30.3 Å². The Labute approximate surface area is 167 Å². The zero-order valence-electron chi connectivity index (χ0n) is 17.0. The van der Waals surface area contributed by atoms with Crippen LogP contribution in [0, 0.1) is 16.7 Å². The van der Waals surface area contributed by atoms with E-state index in [4.69, 9.17) is 0 Å². The van der Waals surface area contributed by atoms with Gasteiger partial charge in [0.2, 0.25) is 5.91 Å². The molecular weight excluding hydrogens is 352 g/mol. The van der Waals surface area contributed by atoms with Crippen LogP contribution in [0.5, 0.6) is 0 Å². The molecule has 6 heteroatoms. The first kappa shape index (κ1) is 19.2. The Morgan fingerprint density at radius 1 is 1.11 bits per heavy atom. The van der Waals surface area contributed by atoms with E-state index in [1.807, 2.05) is 35.2 Å². The average molecular weight is 385 g/mol. The molecule has 28 heavy (non-hydrogen) atoms. The van der Waals surface area contributed by atoms with Crippen LogP contribution in [0.25, 0.3) is 0 Å². The molecule has 2 atom stereocenters. The summed E-state index contributed by atoms with van der Waals surface area (Å²) in [7, 11) is 1.77. The summed E-state index contributed by atoms with van der Waals surface area (Å²) in [5, 5.41) is 5.95. The summed E-state index contributed by atoms with van der Waals surface area (Å²) in [5.74, 6) is 0.619. The number of hydrogen-bond donors (Lipinski definition) is 2. The van der Waals surface area contributed by atoms with Crippen LogP contribution in [-0.2, 0) is 4.79 Å². The lowest BCUT2D eigenvalue weighted by Crippen LogP contribution is -2.50. The normalized spacial score (nSPS) is 28.9. The van der Waals surface area contributed by atoms with Gasteiger partial charge < -0.3 is 20.4 Å².